The molecule has 2 aromatic rings. The highest BCUT2D eigenvalue weighted by molar-refractivity contribution is 5.98. The van der Waals surface area contributed by atoms with Gasteiger partial charge in [-0.3, -0.25) is 4.79 Å². The van der Waals surface area contributed by atoms with E-state index in [2.05, 4.69) is 25.8 Å². The molecule has 4 heteroatoms. The number of nitrogens with zero attached hydrogens (tertiary/aromatic N) is 1. The molecule has 1 aliphatic rings. The summed E-state index contributed by atoms with van der Waals surface area (Å²) in [6.07, 6.45) is 1.19. The lowest BCUT2D eigenvalue weighted by Crippen LogP contribution is -2.48. The van der Waals surface area contributed by atoms with Crippen molar-refractivity contribution in [2.24, 2.45) is 11.8 Å². The SMILES string of the molecule is CC1CC(C)C(C)N(C(=O)c2cc3cc(N)ccc3[nH]2)C1. The number of benzene rings is 1. The number of hydrogen-bond donors (Lipinski definition) is 2. The number of aromatic amines is 1. The lowest BCUT2D eigenvalue weighted by Gasteiger charge is -2.40. The minimum Gasteiger partial charge on any atom is -0.399 e. The number of carbonyl (C=O) groups is 1. The standard InChI is InChI=1S/C17H23N3O/c1-10-6-11(2)12(3)20(9-10)17(21)16-8-13-7-14(18)4-5-15(13)19-16/h4-5,7-8,10-12,19H,6,9,18H2,1-3H3. The van der Waals surface area contributed by atoms with Crippen LogP contribution in [0, 0.1) is 11.8 Å². The van der Waals surface area contributed by atoms with Crippen LogP contribution in [0.4, 0.5) is 5.69 Å². The number of piperidine rings is 1. The summed E-state index contributed by atoms with van der Waals surface area (Å²) in [5.41, 5.74) is 8.13. The highest BCUT2D eigenvalue weighted by Gasteiger charge is 2.32. The van der Waals surface area contributed by atoms with Crippen molar-refractivity contribution in [3.05, 3.63) is 30.0 Å². The maximum atomic E-state index is 12.8. The van der Waals surface area contributed by atoms with Crippen LogP contribution in [0.15, 0.2) is 24.3 Å². The molecule has 0 bridgehead atoms. The van der Waals surface area contributed by atoms with Gasteiger partial charge in [-0.2, -0.15) is 0 Å². The molecule has 0 spiro atoms. The van der Waals surface area contributed by atoms with Crippen LogP contribution >= 0.6 is 0 Å². The highest BCUT2D eigenvalue weighted by Crippen LogP contribution is 2.29. The summed E-state index contributed by atoms with van der Waals surface area (Å²) in [5, 5.41) is 0.990. The molecule has 3 N–H and O–H groups in total. The van der Waals surface area contributed by atoms with Crippen molar-refractivity contribution in [3.63, 3.8) is 0 Å². The van der Waals surface area contributed by atoms with Crippen LogP contribution in [0.3, 0.4) is 0 Å². The van der Waals surface area contributed by atoms with Crippen molar-refractivity contribution >= 4 is 22.5 Å². The van der Waals surface area contributed by atoms with Crippen LogP contribution in [0.25, 0.3) is 10.9 Å². The van der Waals surface area contributed by atoms with Crippen molar-refractivity contribution in [2.45, 2.75) is 33.2 Å². The fourth-order valence-corrected chi connectivity index (χ4v) is 3.40. The highest BCUT2D eigenvalue weighted by atomic mass is 16.2. The van der Waals surface area contributed by atoms with Crippen LogP contribution < -0.4 is 5.73 Å². The van der Waals surface area contributed by atoms with Crippen LogP contribution in [0.1, 0.15) is 37.7 Å². The molecule has 0 aliphatic carbocycles. The average molecular weight is 285 g/mol. The maximum Gasteiger partial charge on any atom is 0.270 e. The Kier molecular flexibility index (Phi) is 3.40. The number of likely N-dealkylation sites (tertiary alicyclic amines) is 1. The Labute approximate surface area is 125 Å². The molecule has 0 radical (unpaired) electrons. The van der Waals surface area contributed by atoms with Gasteiger partial charge in [-0.15, -0.1) is 0 Å². The van der Waals surface area contributed by atoms with Crippen LogP contribution in [0.2, 0.25) is 0 Å². The minimum atomic E-state index is 0.0932. The first-order valence-electron chi connectivity index (χ1n) is 7.65. The van der Waals surface area contributed by atoms with Crippen molar-refractivity contribution in [1.82, 2.24) is 9.88 Å². The Morgan fingerprint density at radius 3 is 2.81 bits per heavy atom. The molecule has 2 heterocycles. The average Bonchev–Trinajstić information content (AvgIpc) is 2.85. The van der Waals surface area contributed by atoms with Gasteiger partial charge in [-0.1, -0.05) is 13.8 Å². The van der Waals surface area contributed by atoms with Crippen LogP contribution in [0.5, 0.6) is 0 Å². The maximum absolute atomic E-state index is 12.8. The van der Waals surface area contributed by atoms with Gasteiger partial charge in [-0.05, 0) is 49.4 Å². The van der Waals surface area contributed by atoms with Crippen molar-refractivity contribution in [2.75, 3.05) is 12.3 Å². The summed E-state index contributed by atoms with van der Waals surface area (Å²) >= 11 is 0. The lowest BCUT2D eigenvalue weighted by molar-refractivity contribution is 0.0451. The van der Waals surface area contributed by atoms with Gasteiger partial charge in [-0.25, -0.2) is 0 Å². The third-order valence-corrected chi connectivity index (χ3v) is 4.73. The zero-order valence-corrected chi connectivity index (χ0v) is 12.9. The number of nitrogens with one attached hydrogen (secondary N) is 1. The van der Waals surface area contributed by atoms with E-state index in [1.165, 1.54) is 6.42 Å². The smallest absolute Gasteiger partial charge is 0.270 e. The largest absolute Gasteiger partial charge is 0.399 e. The van der Waals surface area contributed by atoms with E-state index in [0.717, 1.165) is 17.4 Å². The van der Waals surface area contributed by atoms with E-state index in [4.69, 9.17) is 5.73 Å². The molecule has 3 unspecified atom stereocenters. The Morgan fingerprint density at radius 2 is 2.05 bits per heavy atom. The molecule has 1 fully saturated rings. The monoisotopic (exact) mass is 285 g/mol. The number of aromatic nitrogens is 1. The lowest BCUT2D eigenvalue weighted by atomic mass is 9.86. The van der Waals surface area contributed by atoms with E-state index in [0.29, 0.717) is 23.2 Å². The molecular formula is C17H23N3O. The normalized spacial score (nSPS) is 26.2. The second-order valence-electron chi connectivity index (χ2n) is 6.55. The molecule has 0 saturated carbocycles. The molecule has 3 atom stereocenters. The first-order valence-corrected chi connectivity index (χ1v) is 7.65. The zero-order chi connectivity index (χ0) is 15.1. The Morgan fingerprint density at radius 1 is 1.29 bits per heavy atom. The van der Waals surface area contributed by atoms with Crippen molar-refractivity contribution < 1.29 is 4.79 Å². The fourth-order valence-electron chi connectivity index (χ4n) is 3.40. The topological polar surface area (TPSA) is 62.1 Å². The number of nitrogen functional groups attached to an aromatic ring is 1. The summed E-state index contributed by atoms with van der Waals surface area (Å²) in [4.78, 5) is 18.0. The number of rotatable bonds is 1. The summed E-state index contributed by atoms with van der Waals surface area (Å²) < 4.78 is 0. The molecule has 4 nitrogen and oxygen atoms in total. The first-order chi connectivity index (χ1) is 9.95. The van der Waals surface area contributed by atoms with Gasteiger partial charge in [0.2, 0.25) is 0 Å². The van der Waals surface area contributed by atoms with Crippen LogP contribution in [-0.2, 0) is 0 Å². The van der Waals surface area contributed by atoms with Crippen molar-refractivity contribution in [3.8, 4) is 0 Å². The fraction of sp³-hybridized carbons (Fsp3) is 0.471. The number of carbonyl (C=O) groups excluding carboxylic acids is 1. The van der Waals surface area contributed by atoms with E-state index >= 15 is 0 Å². The number of fused-ring (bicyclic) bond motifs is 1. The molecule has 1 aromatic carbocycles. The van der Waals surface area contributed by atoms with E-state index in [1.807, 2.05) is 29.2 Å². The predicted molar refractivity (Wildman–Crippen MR) is 86.2 cm³/mol. The van der Waals surface area contributed by atoms with Gasteiger partial charge in [0.25, 0.3) is 5.91 Å². The summed E-state index contributed by atoms with van der Waals surface area (Å²) in [7, 11) is 0. The molecule has 1 saturated heterocycles. The Hall–Kier alpha value is -1.97. The number of H-pyrrole nitrogens is 1. The summed E-state index contributed by atoms with van der Waals surface area (Å²) in [6, 6.07) is 7.86. The van der Waals surface area contributed by atoms with Crippen molar-refractivity contribution in [1.29, 1.82) is 0 Å². The van der Waals surface area contributed by atoms with Crippen LogP contribution in [-0.4, -0.2) is 28.4 Å². The molecule has 1 aliphatic heterocycles. The minimum absolute atomic E-state index is 0.0932. The quantitative estimate of drug-likeness (QED) is 0.790. The molecule has 21 heavy (non-hydrogen) atoms. The molecule has 1 amide bonds. The molecular weight excluding hydrogens is 262 g/mol. The second kappa shape index (κ2) is 5.10. The van der Waals surface area contributed by atoms with E-state index in [-0.39, 0.29) is 11.9 Å². The number of amides is 1. The zero-order valence-electron chi connectivity index (χ0n) is 12.9. The van der Waals surface area contributed by atoms with E-state index < -0.39 is 0 Å². The molecule has 1 aromatic heterocycles. The summed E-state index contributed by atoms with van der Waals surface area (Å²) in [5.74, 6) is 1.19. The number of nitrogens with two attached hydrogens (primary N) is 1. The van der Waals surface area contributed by atoms with Gasteiger partial charge in [0.1, 0.15) is 5.69 Å². The second-order valence-corrected chi connectivity index (χ2v) is 6.55. The Bertz CT molecular complexity index is 676. The predicted octanol–water partition coefficient (Wildman–Crippen LogP) is 3.26. The molecule has 112 valence electrons. The van der Waals surface area contributed by atoms with Gasteiger partial charge < -0.3 is 15.6 Å². The third-order valence-electron chi connectivity index (χ3n) is 4.73. The van der Waals surface area contributed by atoms with Gasteiger partial charge in [0, 0.05) is 29.2 Å². The van der Waals surface area contributed by atoms with E-state index in [9.17, 15) is 4.79 Å². The first kappa shape index (κ1) is 14.0. The number of hydrogen-bond acceptors (Lipinski definition) is 2. The molecule has 3 rings (SSSR count). The third kappa shape index (κ3) is 2.50. The van der Waals surface area contributed by atoms with Gasteiger partial charge in [0.05, 0.1) is 0 Å². The number of anilines is 1. The van der Waals surface area contributed by atoms with E-state index in [1.54, 1.807) is 0 Å². The van der Waals surface area contributed by atoms with Gasteiger partial charge in [0.15, 0.2) is 0 Å². The Balaban J connectivity index is 1.92. The summed E-state index contributed by atoms with van der Waals surface area (Å²) in [6.45, 7) is 7.43. The van der Waals surface area contributed by atoms with Gasteiger partial charge >= 0.3 is 0 Å².